The van der Waals surface area contributed by atoms with Crippen LogP contribution >= 0.6 is 0 Å². The molecule has 0 saturated carbocycles. The van der Waals surface area contributed by atoms with Crippen molar-refractivity contribution in [3.8, 4) is 0 Å². The van der Waals surface area contributed by atoms with Crippen LogP contribution in [0, 0.1) is 5.92 Å². The molecule has 0 aliphatic rings. The second kappa shape index (κ2) is 7.75. The van der Waals surface area contributed by atoms with Gasteiger partial charge in [0, 0.05) is 38.1 Å². The van der Waals surface area contributed by atoms with Crippen LogP contribution in [0.15, 0.2) is 24.3 Å². The number of urea groups is 1. The lowest BCUT2D eigenvalue weighted by atomic mass is 10.0. The van der Waals surface area contributed by atoms with Crippen molar-refractivity contribution >= 4 is 17.4 Å². The fourth-order valence-electron chi connectivity index (χ4n) is 1.89. The molecule has 112 valence electrons. The number of anilines is 2. The minimum atomic E-state index is -0.241. The van der Waals surface area contributed by atoms with E-state index in [1.807, 2.05) is 57.1 Å². The summed E-state index contributed by atoms with van der Waals surface area (Å²) in [6.45, 7) is 4.11. The van der Waals surface area contributed by atoms with Gasteiger partial charge in [0.1, 0.15) is 0 Å². The third-order valence-electron chi connectivity index (χ3n) is 3.20. The van der Waals surface area contributed by atoms with E-state index >= 15 is 0 Å². The number of hydrogen-bond acceptors (Lipinski definition) is 3. The van der Waals surface area contributed by atoms with Gasteiger partial charge in [0.05, 0.1) is 0 Å². The molecule has 1 unspecified atom stereocenters. The maximum Gasteiger partial charge on any atom is 0.319 e. The predicted molar refractivity (Wildman–Crippen MR) is 83.3 cm³/mol. The molecule has 3 N–H and O–H groups in total. The molecule has 0 radical (unpaired) electrons. The SMILES string of the molecule is CC(C)C(CCO)NC(=O)Nc1ccc(N(C)C)cc1. The van der Waals surface area contributed by atoms with E-state index < -0.39 is 0 Å². The van der Waals surface area contributed by atoms with E-state index in [-0.39, 0.29) is 24.6 Å². The van der Waals surface area contributed by atoms with Crippen LogP contribution in [0.1, 0.15) is 20.3 Å². The van der Waals surface area contributed by atoms with Crippen LogP contribution < -0.4 is 15.5 Å². The van der Waals surface area contributed by atoms with Crippen molar-refractivity contribution < 1.29 is 9.90 Å². The fraction of sp³-hybridized carbons (Fsp3) is 0.533. The van der Waals surface area contributed by atoms with Crippen LogP contribution in [0.25, 0.3) is 0 Å². The molecule has 0 spiro atoms. The van der Waals surface area contributed by atoms with Gasteiger partial charge in [-0.15, -0.1) is 0 Å². The van der Waals surface area contributed by atoms with Gasteiger partial charge in [0.2, 0.25) is 0 Å². The predicted octanol–water partition coefficient (Wildman–Crippen LogP) is 2.28. The Kier molecular flexibility index (Phi) is 6.31. The first-order chi connectivity index (χ1) is 9.43. The summed E-state index contributed by atoms with van der Waals surface area (Å²) in [5, 5.41) is 14.7. The maximum absolute atomic E-state index is 11.9. The first-order valence-corrected chi connectivity index (χ1v) is 6.89. The van der Waals surface area contributed by atoms with E-state index in [1.165, 1.54) is 0 Å². The molecule has 0 aliphatic heterocycles. The molecule has 1 rings (SSSR count). The van der Waals surface area contributed by atoms with Crippen LogP contribution in [0.3, 0.4) is 0 Å². The van der Waals surface area contributed by atoms with Gasteiger partial charge in [0.15, 0.2) is 0 Å². The minimum absolute atomic E-state index is 0.0268. The largest absolute Gasteiger partial charge is 0.396 e. The summed E-state index contributed by atoms with van der Waals surface area (Å²) < 4.78 is 0. The molecular formula is C15H25N3O2. The standard InChI is InChI=1S/C15H25N3O2/c1-11(2)14(9-10-19)17-15(20)16-12-5-7-13(8-6-12)18(3)4/h5-8,11,14,19H,9-10H2,1-4H3,(H2,16,17,20). The lowest BCUT2D eigenvalue weighted by molar-refractivity contribution is 0.227. The van der Waals surface area contributed by atoms with Crippen molar-refractivity contribution in [1.82, 2.24) is 5.32 Å². The second-order valence-corrected chi connectivity index (χ2v) is 5.40. The average Bonchev–Trinajstić information content (AvgIpc) is 2.38. The van der Waals surface area contributed by atoms with E-state index in [4.69, 9.17) is 5.11 Å². The highest BCUT2D eigenvalue weighted by Gasteiger charge is 2.15. The summed E-state index contributed by atoms with van der Waals surface area (Å²) >= 11 is 0. The van der Waals surface area contributed by atoms with Crippen molar-refractivity contribution in [2.45, 2.75) is 26.3 Å². The number of rotatable bonds is 6. The summed E-state index contributed by atoms with van der Waals surface area (Å²) in [4.78, 5) is 13.9. The molecule has 0 aromatic heterocycles. The molecular weight excluding hydrogens is 254 g/mol. The van der Waals surface area contributed by atoms with E-state index in [2.05, 4.69) is 10.6 Å². The Morgan fingerprint density at radius 1 is 1.25 bits per heavy atom. The van der Waals surface area contributed by atoms with Crippen molar-refractivity contribution in [2.75, 3.05) is 30.9 Å². The highest BCUT2D eigenvalue weighted by molar-refractivity contribution is 5.89. The van der Waals surface area contributed by atoms with Crippen LogP contribution in [0.5, 0.6) is 0 Å². The van der Waals surface area contributed by atoms with Gasteiger partial charge in [-0.1, -0.05) is 13.8 Å². The molecule has 1 atom stereocenters. The summed E-state index contributed by atoms with van der Waals surface area (Å²) in [7, 11) is 3.94. The van der Waals surface area contributed by atoms with Crippen LogP contribution in [-0.4, -0.2) is 37.9 Å². The Morgan fingerprint density at radius 2 is 1.85 bits per heavy atom. The third kappa shape index (κ3) is 5.09. The Balaban J connectivity index is 2.57. The number of aliphatic hydroxyl groups excluding tert-OH is 1. The van der Waals surface area contributed by atoms with Gasteiger partial charge in [-0.2, -0.15) is 0 Å². The lowest BCUT2D eigenvalue weighted by Gasteiger charge is -2.21. The molecule has 1 aromatic rings. The van der Waals surface area contributed by atoms with Gasteiger partial charge in [-0.3, -0.25) is 0 Å². The number of carbonyl (C=O) groups is 1. The Hall–Kier alpha value is -1.75. The number of benzene rings is 1. The van der Waals surface area contributed by atoms with Gasteiger partial charge in [0.25, 0.3) is 0 Å². The van der Waals surface area contributed by atoms with E-state index in [1.54, 1.807) is 0 Å². The second-order valence-electron chi connectivity index (χ2n) is 5.40. The summed E-state index contributed by atoms with van der Waals surface area (Å²) in [5.74, 6) is 0.281. The summed E-state index contributed by atoms with van der Waals surface area (Å²) in [5.41, 5.74) is 1.83. The van der Waals surface area contributed by atoms with Crippen LogP contribution in [0.4, 0.5) is 16.2 Å². The molecule has 0 fully saturated rings. The smallest absolute Gasteiger partial charge is 0.319 e. The Labute approximate surface area is 121 Å². The molecule has 5 nitrogen and oxygen atoms in total. The monoisotopic (exact) mass is 279 g/mol. The van der Waals surface area contributed by atoms with E-state index in [0.29, 0.717) is 6.42 Å². The first kappa shape index (κ1) is 16.3. The highest BCUT2D eigenvalue weighted by atomic mass is 16.3. The summed E-state index contributed by atoms with van der Waals surface area (Å²) in [6.07, 6.45) is 0.560. The van der Waals surface area contributed by atoms with Gasteiger partial charge in [-0.25, -0.2) is 4.79 Å². The number of hydrogen-bond donors (Lipinski definition) is 3. The Morgan fingerprint density at radius 3 is 2.30 bits per heavy atom. The zero-order valence-corrected chi connectivity index (χ0v) is 12.7. The number of nitrogens with one attached hydrogen (secondary N) is 2. The van der Waals surface area contributed by atoms with Crippen LogP contribution in [0.2, 0.25) is 0 Å². The number of nitrogens with zero attached hydrogens (tertiary/aromatic N) is 1. The van der Waals surface area contributed by atoms with Crippen molar-refractivity contribution in [2.24, 2.45) is 5.92 Å². The van der Waals surface area contributed by atoms with Crippen molar-refractivity contribution in [3.05, 3.63) is 24.3 Å². The minimum Gasteiger partial charge on any atom is -0.396 e. The fourth-order valence-corrected chi connectivity index (χ4v) is 1.89. The quantitative estimate of drug-likeness (QED) is 0.748. The Bertz CT molecular complexity index is 416. The molecule has 0 bridgehead atoms. The normalized spacial score (nSPS) is 12.1. The molecule has 5 heteroatoms. The molecule has 0 saturated heterocycles. The van der Waals surface area contributed by atoms with E-state index in [9.17, 15) is 4.79 Å². The third-order valence-corrected chi connectivity index (χ3v) is 3.20. The summed E-state index contributed by atoms with van der Waals surface area (Å²) in [6, 6.07) is 7.36. The number of carbonyl (C=O) groups excluding carboxylic acids is 1. The zero-order valence-electron chi connectivity index (χ0n) is 12.7. The highest BCUT2D eigenvalue weighted by Crippen LogP contribution is 2.15. The molecule has 20 heavy (non-hydrogen) atoms. The number of amides is 2. The van der Waals surface area contributed by atoms with Crippen molar-refractivity contribution in [1.29, 1.82) is 0 Å². The topological polar surface area (TPSA) is 64.6 Å². The number of aliphatic hydroxyl groups is 1. The van der Waals surface area contributed by atoms with Gasteiger partial charge in [-0.05, 0) is 36.6 Å². The van der Waals surface area contributed by atoms with Gasteiger partial charge < -0.3 is 20.6 Å². The first-order valence-electron chi connectivity index (χ1n) is 6.89. The zero-order chi connectivity index (χ0) is 15.1. The average molecular weight is 279 g/mol. The lowest BCUT2D eigenvalue weighted by Crippen LogP contribution is -2.41. The molecule has 0 heterocycles. The van der Waals surface area contributed by atoms with Gasteiger partial charge >= 0.3 is 6.03 Å². The van der Waals surface area contributed by atoms with Crippen molar-refractivity contribution in [3.63, 3.8) is 0 Å². The van der Waals surface area contributed by atoms with Crippen LogP contribution in [-0.2, 0) is 0 Å². The molecule has 0 aliphatic carbocycles. The molecule has 2 amide bonds. The van der Waals surface area contributed by atoms with E-state index in [0.717, 1.165) is 11.4 Å². The molecule has 1 aromatic carbocycles. The maximum atomic E-state index is 11.9.